The van der Waals surface area contributed by atoms with Crippen LogP contribution in [0.3, 0.4) is 0 Å². The zero-order valence-corrected chi connectivity index (χ0v) is 12.6. The van der Waals surface area contributed by atoms with E-state index in [-0.39, 0.29) is 5.75 Å². The van der Waals surface area contributed by atoms with Crippen molar-refractivity contribution < 1.29 is 18.3 Å². The van der Waals surface area contributed by atoms with Crippen molar-refractivity contribution in [2.24, 2.45) is 0 Å². The molecule has 1 rings (SSSR count). The fourth-order valence-electron chi connectivity index (χ4n) is 1.76. The van der Waals surface area contributed by atoms with E-state index in [9.17, 15) is 13.2 Å². The SMILES string of the molecule is CC(C(=O)O)c1ccc(CNCCCS(C)(=O)=O)cc1. The molecule has 1 atom stereocenters. The molecule has 0 spiro atoms. The summed E-state index contributed by atoms with van der Waals surface area (Å²) in [5.74, 6) is -1.15. The highest BCUT2D eigenvalue weighted by Crippen LogP contribution is 2.15. The zero-order chi connectivity index (χ0) is 15.2. The first-order valence-electron chi connectivity index (χ1n) is 6.49. The lowest BCUT2D eigenvalue weighted by Crippen LogP contribution is -2.18. The maximum Gasteiger partial charge on any atom is 0.310 e. The molecule has 0 aliphatic rings. The van der Waals surface area contributed by atoms with E-state index in [4.69, 9.17) is 5.11 Å². The molecule has 0 aliphatic carbocycles. The van der Waals surface area contributed by atoms with Crippen LogP contribution in [-0.2, 0) is 21.2 Å². The molecule has 0 saturated carbocycles. The number of rotatable bonds is 8. The minimum Gasteiger partial charge on any atom is -0.481 e. The Morgan fingerprint density at radius 2 is 1.90 bits per heavy atom. The van der Waals surface area contributed by atoms with Crippen LogP contribution in [0.2, 0.25) is 0 Å². The Morgan fingerprint density at radius 1 is 1.30 bits per heavy atom. The van der Waals surface area contributed by atoms with Crippen LogP contribution in [0, 0.1) is 0 Å². The van der Waals surface area contributed by atoms with Crippen molar-refractivity contribution in [1.29, 1.82) is 0 Å². The molecule has 0 amide bonds. The van der Waals surface area contributed by atoms with Crippen molar-refractivity contribution in [3.63, 3.8) is 0 Å². The third kappa shape index (κ3) is 6.16. The van der Waals surface area contributed by atoms with Crippen LogP contribution in [0.25, 0.3) is 0 Å². The predicted molar refractivity (Wildman–Crippen MR) is 78.5 cm³/mol. The van der Waals surface area contributed by atoms with Crippen molar-refractivity contribution in [1.82, 2.24) is 5.32 Å². The molecular formula is C14H21NO4S. The average molecular weight is 299 g/mol. The minimum absolute atomic E-state index is 0.190. The van der Waals surface area contributed by atoms with Crippen LogP contribution in [0.4, 0.5) is 0 Å². The van der Waals surface area contributed by atoms with E-state index in [1.807, 2.05) is 24.3 Å². The Labute approximate surface area is 119 Å². The fourth-order valence-corrected chi connectivity index (χ4v) is 2.43. The van der Waals surface area contributed by atoms with Gasteiger partial charge in [-0.25, -0.2) is 8.42 Å². The molecule has 1 aromatic rings. The van der Waals surface area contributed by atoms with E-state index in [0.717, 1.165) is 11.1 Å². The first-order valence-corrected chi connectivity index (χ1v) is 8.56. The van der Waals surface area contributed by atoms with E-state index in [1.54, 1.807) is 6.92 Å². The van der Waals surface area contributed by atoms with Gasteiger partial charge in [0.25, 0.3) is 0 Å². The molecule has 0 aliphatic heterocycles. The van der Waals surface area contributed by atoms with Crippen LogP contribution in [0.15, 0.2) is 24.3 Å². The maximum atomic E-state index is 10.9. The highest BCUT2D eigenvalue weighted by molar-refractivity contribution is 7.90. The summed E-state index contributed by atoms with van der Waals surface area (Å²) >= 11 is 0. The summed E-state index contributed by atoms with van der Waals surface area (Å²) < 4.78 is 21.9. The van der Waals surface area contributed by atoms with Crippen molar-refractivity contribution in [2.45, 2.75) is 25.8 Å². The van der Waals surface area contributed by atoms with Crippen molar-refractivity contribution in [3.05, 3.63) is 35.4 Å². The van der Waals surface area contributed by atoms with E-state index >= 15 is 0 Å². The lowest BCUT2D eigenvalue weighted by molar-refractivity contribution is -0.138. The van der Waals surface area contributed by atoms with Crippen LogP contribution in [-0.4, -0.2) is 38.0 Å². The second-order valence-corrected chi connectivity index (χ2v) is 7.22. The number of aliphatic carboxylic acids is 1. The zero-order valence-electron chi connectivity index (χ0n) is 11.8. The van der Waals surface area contributed by atoms with Crippen molar-refractivity contribution in [2.75, 3.05) is 18.6 Å². The monoisotopic (exact) mass is 299 g/mol. The van der Waals surface area contributed by atoms with Gasteiger partial charge in [-0.15, -0.1) is 0 Å². The second-order valence-electron chi connectivity index (χ2n) is 4.96. The number of benzene rings is 1. The average Bonchev–Trinajstić information content (AvgIpc) is 2.37. The fraction of sp³-hybridized carbons (Fsp3) is 0.500. The van der Waals surface area contributed by atoms with Gasteiger partial charge in [0.05, 0.1) is 11.7 Å². The molecule has 2 N–H and O–H groups in total. The minimum atomic E-state index is -2.89. The maximum absolute atomic E-state index is 10.9. The smallest absolute Gasteiger partial charge is 0.310 e. The van der Waals surface area contributed by atoms with Gasteiger partial charge in [-0.2, -0.15) is 0 Å². The standard InChI is InChI=1S/C14H21NO4S/c1-11(14(16)17)13-6-4-12(5-7-13)10-15-8-3-9-20(2,18)19/h4-7,11,15H,3,8-10H2,1-2H3,(H,16,17). The number of nitrogens with one attached hydrogen (secondary N) is 1. The van der Waals surface area contributed by atoms with E-state index in [1.165, 1.54) is 6.26 Å². The van der Waals surface area contributed by atoms with Crippen molar-refractivity contribution in [3.8, 4) is 0 Å². The molecular weight excluding hydrogens is 278 g/mol. The Hall–Kier alpha value is -1.40. The first kappa shape index (κ1) is 16.7. The lowest BCUT2D eigenvalue weighted by atomic mass is 10.0. The van der Waals surface area contributed by atoms with Gasteiger partial charge in [0.15, 0.2) is 0 Å². The largest absolute Gasteiger partial charge is 0.481 e. The topological polar surface area (TPSA) is 83.5 Å². The predicted octanol–water partition coefficient (Wildman–Crippen LogP) is 1.40. The molecule has 0 bridgehead atoms. The number of carboxylic acid groups (broad SMARTS) is 1. The number of hydrogen-bond acceptors (Lipinski definition) is 4. The molecule has 0 heterocycles. The number of carboxylic acids is 1. The Morgan fingerprint density at radius 3 is 2.40 bits per heavy atom. The number of hydrogen-bond donors (Lipinski definition) is 2. The molecule has 5 nitrogen and oxygen atoms in total. The van der Waals surface area contributed by atoms with E-state index < -0.39 is 21.7 Å². The van der Waals surface area contributed by atoms with Gasteiger partial charge in [0.2, 0.25) is 0 Å². The molecule has 6 heteroatoms. The normalized spacial score (nSPS) is 13.1. The van der Waals surface area contributed by atoms with Gasteiger partial charge in [0, 0.05) is 12.8 Å². The van der Waals surface area contributed by atoms with Crippen LogP contribution >= 0.6 is 0 Å². The number of sulfone groups is 1. The Kier molecular flexibility index (Phi) is 6.16. The summed E-state index contributed by atoms with van der Waals surface area (Å²) in [6.45, 7) is 2.94. The van der Waals surface area contributed by atoms with Gasteiger partial charge in [-0.3, -0.25) is 4.79 Å². The summed E-state index contributed by atoms with van der Waals surface area (Å²) in [4.78, 5) is 10.8. The third-order valence-corrected chi connectivity index (χ3v) is 4.08. The highest BCUT2D eigenvalue weighted by atomic mass is 32.2. The van der Waals surface area contributed by atoms with E-state index in [2.05, 4.69) is 5.32 Å². The van der Waals surface area contributed by atoms with Gasteiger partial charge in [-0.05, 0) is 31.0 Å². The highest BCUT2D eigenvalue weighted by Gasteiger charge is 2.12. The first-order chi connectivity index (χ1) is 9.29. The lowest BCUT2D eigenvalue weighted by Gasteiger charge is -2.08. The van der Waals surface area contributed by atoms with Gasteiger partial charge < -0.3 is 10.4 Å². The van der Waals surface area contributed by atoms with Crippen LogP contribution < -0.4 is 5.32 Å². The van der Waals surface area contributed by atoms with Gasteiger partial charge >= 0.3 is 5.97 Å². The molecule has 1 aromatic carbocycles. The van der Waals surface area contributed by atoms with Crippen LogP contribution in [0.1, 0.15) is 30.4 Å². The molecule has 20 heavy (non-hydrogen) atoms. The molecule has 0 aromatic heterocycles. The van der Waals surface area contributed by atoms with E-state index in [0.29, 0.717) is 19.5 Å². The van der Waals surface area contributed by atoms with Crippen LogP contribution in [0.5, 0.6) is 0 Å². The quantitative estimate of drug-likeness (QED) is 0.709. The second kappa shape index (κ2) is 7.40. The summed E-state index contributed by atoms with van der Waals surface area (Å²) in [6, 6.07) is 7.40. The summed E-state index contributed by atoms with van der Waals surface area (Å²) in [7, 11) is -2.89. The summed E-state index contributed by atoms with van der Waals surface area (Å²) in [6.07, 6.45) is 1.82. The third-order valence-electron chi connectivity index (χ3n) is 3.05. The summed E-state index contributed by atoms with van der Waals surface area (Å²) in [5, 5.41) is 12.1. The van der Waals surface area contributed by atoms with Gasteiger partial charge in [-0.1, -0.05) is 24.3 Å². The van der Waals surface area contributed by atoms with Gasteiger partial charge in [0.1, 0.15) is 9.84 Å². The molecule has 1 unspecified atom stereocenters. The molecule has 0 fully saturated rings. The molecule has 0 radical (unpaired) electrons. The molecule has 112 valence electrons. The molecule has 0 saturated heterocycles. The Bertz CT molecular complexity index is 537. The summed E-state index contributed by atoms with van der Waals surface area (Å²) in [5.41, 5.74) is 1.82. The van der Waals surface area contributed by atoms with Crippen molar-refractivity contribution >= 4 is 15.8 Å². The Balaban J connectivity index is 2.37. The number of carbonyl (C=O) groups is 1.